The van der Waals surface area contributed by atoms with Crippen molar-refractivity contribution in [3.8, 4) is 11.5 Å². The van der Waals surface area contributed by atoms with Crippen molar-refractivity contribution < 1.29 is 9.47 Å². The molecule has 3 nitrogen and oxygen atoms in total. The SMILES string of the molecule is COc1ccc2cc(Cl)[nH]c2c1OC. The Kier molecular flexibility index (Phi) is 2.25. The van der Waals surface area contributed by atoms with Crippen LogP contribution in [0.1, 0.15) is 0 Å². The second kappa shape index (κ2) is 3.42. The lowest BCUT2D eigenvalue weighted by Gasteiger charge is -2.07. The van der Waals surface area contributed by atoms with Gasteiger partial charge in [0.2, 0.25) is 0 Å². The van der Waals surface area contributed by atoms with Gasteiger partial charge in [-0.25, -0.2) is 0 Å². The van der Waals surface area contributed by atoms with Crippen LogP contribution in [0.2, 0.25) is 5.15 Å². The molecule has 14 heavy (non-hydrogen) atoms. The van der Waals surface area contributed by atoms with Gasteiger partial charge in [0, 0.05) is 5.39 Å². The predicted molar refractivity (Wildman–Crippen MR) is 56.4 cm³/mol. The van der Waals surface area contributed by atoms with Gasteiger partial charge in [0.05, 0.1) is 19.7 Å². The highest BCUT2D eigenvalue weighted by Gasteiger charge is 2.10. The first-order chi connectivity index (χ1) is 6.76. The highest BCUT2D eigenvalue weighted by molar-refractivity contribution is 6.30. The number of hydrogen-bond donors (Lipinski definition) is 1. The van der Waals surface area contributed by atoms with Crippen molar-refractivity contribution in [1.82, 2.24) is 4.98 Å². The summed E-state index contributed by atoms with van der Waals surface area (Å²) in [5, 5.41) is 1.60. The molecule has 0 fully saturated rings. The maximum atomic E-state index is 5.86. The van der Waals surface area contributed by atoms with E-state index in [2.05, 4.69) is 4.98 Å². The average molecular weight is 212 g/mol. The van der Waals surface area contributed by atoms with E-state index < -0.39 is 0 Å². The van der Waals surface area contributed by atoms with Gasteiger partial charge in [0.25, 0.3) is 0 Å². The smallest absolute Gasteiger partial charge is 0.184 e. The van der Waals surface area contributed by atoms with Crippen molar-refractivity contribution in [2.75, 3.05) is 14.2 Å². The van der Waals surface area contributed by atoms with Gasteiger partial charge in [-0.1, -0.05) is 11.6 Å². The number of ether oxygens (including phenoxy) is 2. The molecule has 0 aliphatic rings. The predicted octanol–water partition coefficient (Wildman–Crippen LogP) is 2.84. The van der Waals surface area contributed by atoms with Crippen LogP contribution in [0.3, 0.4) is 0 Å². The lowest BCUT2D eigenvalue weighted by atomic mass is 10.2. The Morgan fingerprint density at radius 1 is 1.21 bits per heavy atom. The van der Waals surface area contributed by atoms with Crippen LogP contribution in [-0.4, -0.2) is 19.2 Å². The van der Waals surface area contributed by atoms with Crippen molar-refractivity contribution in [3.63, 3.8) is 0 Å². The topological polar surface area (TPSA) is 34.2 Å². The summed E-state index contributed by atoms with van der Waals surface area (Å²) in [6, 6.07) is 5.63. The standard InChI is InChI=1S/C10H10ClNO2/c1-13-7-4-3-6-5-8(11)12-9(6)10(7)14-2/h3-5,12H,1-2H3. The highest BCUT2D eigenvalue weighted by atomic mass is 35.5. The molecule has 1 aromatic carbocycles. The Balaban J connectivity index is 2.75. The number of nitrogens with one attached hydrogen (secondary N) is 1. The molecule has 4 heteroatoms. The van der Waals surface area contributed by atoms with Crippen LogP contribution < -0.4 is 9.47 Å². The first kappa shape index (κ1) is 9.21. The number of rotatable bonds is 2. The van der Waals surface area contributed by atoms with Crippen molar-refractivity contribution in [2.24, 2.45) is 0 Å². The van der Waals surface area contributed by atoms with Gasteiger partial charge >= 0.3 is 0 Å². The van der Waals surface area contributed by atoms with Gasteiger partial charge in [-0.3, -0.25) is 0 Å². The molecule has 1 heterocycles. The second-order valence-corrected chi connectivity index (χ2v) is 3.29. The molecule has 0 spiro atoms. The second-order valence-electron chi connectivity index (χ2n) is 2.88. The lowest BCUT2D eigenvalue weighted by molar-refractivity contribution is 0.358. The average Bonchev–Trinajstić information content (AvgIpc) is 2.56. The number of fused-ring (bicyclic) bond motifs is 1. The molecule has 2 rings (SSSR count). The summed E-state index contributed by atoms with van der Waals surface area (Å²) in [7, 11) is 3.21. The van der Waals surface area contributed by atoms with Crippen LogP contribution in [0.25, 0.3) is 10.9 Å². The number of aromatic nitrogens is 1. The minimum Gasteiger partial charge on any atom is -0.493 e. The molecule has 0 saturated heterocycles. The Morgan fingerprint density at radius 3 is 2.64 bits per heavy atom. The Morgan fingerprint density at radius 2 is 2.00 bits per heavy atom. The minimum absolute atomic E-state index is 0.589. The van der Waals surface area contributed by atoms with Gasteiger partial charge in [0.1, 0.15) is 5.15 Å². The third-order valence-corrected chi connectivity index (χ3v) is 2.31. The molecule has 0 bridgehead atoms. The summed E-state index contributed by atoms with van der Waals surface area (Å²) in [6.07, 6.45) is 0. The fourth-order valence-corrected chi connectivity index (χ4v) is 1.70. The van der Waals surface area contributed by atoms with E-state index in [1.54, 1.807) is 14.2 Å². The molecule has 74 valence electrons. The van der Waals surface area contributed by atoms with Gasteiger partial charge in [0.15, 0.2) is 11.5 Å². The third-order valence-electron chi connectivity index (χ3n) is 2.10. The largest absolute Gasteiger partial charge is 0.493 e. The van der Waals surface area contributed by atoms with E-state index in [0.717, 1.165) is 10.9 Å². The van der Waals surface area contributed by atoms with Crippen LogP contribution >= 0.6 is 11.6 Å². The monoisotopic (exact) mass is 211 g/mol. The maximum Gasteiger partial charge on any atom is 0.184 e. The Labute approximate surface area is 86.6 Å². The fraction of sp³-hybridized carbons (Fsp3) is 0.200. The van der Waals surface area contributed by atoms with Crippen molar-refractivity contribution in [3.05, 3.63) is 23.4 Å². The summed E-state index contributed by atoms with van der Waals surface area (Å²) in [5.41, 5.74) is 0.858. The van der Waals surface area contributed by atoms with Crippen molar-refractivity contribution >= 4 is 22.5 Å². The van der Waals surface area contributed by atoms with Gasteiger partial charge < -0.3 is 14.5 Å². The van der Waals surface area contributed by atoms with Crippen LogP contribution in [0, 0.1) is 0 Å². The summed E-state index contributed by atoms with van der Waals surface area (Å²) in [5.74, 6) is 1.37. The van der Waals surface area contributed by atoms with E-state index in [-0.39, 0.29) is 0 Å². The van der Waals surface area contributed by atoms with Gasteiger partial charge in [-0.2, -0.15) is 0 Å². The molecule has 1 N–H and O–H groups in total. The summed E-state index contributed by atoms with van der Waals surface area (Å²) < 4.78 is 10.4. The summed E-state index contributed by atoms with van der Waals surface area (Å²) in [6.45, 7) is 0. The van der Waals surface area contributed by atoms with E-state index in [1.807, 2.05) is 18.2 Å². The molecular formula is C10H10ClNO2. The summed E-state index contributed by atoms with van der Waals surface area (Å²) >= 11 is 5.86. The maximum absolute atomic E-state index is 5.86. The molecule has 0 aliphatic heterocycles. The van der Waals surface area contributed by atoms with E-state index in [9.17, 15) is 0 Å². The molecule has 0 radical (unpaired) electrons. The van der Waals surface area contributed by atoms with Crippen molar-refractivity contribution in [1.29, 1.82) is 0 Å². The molecule has 0 saturated carbocycles. The van der Waals surface area contributed by atoms with E-state index in [0.29, 0.717) is 16.7 Å². The number of methoxy groups -OCH3 is 2. The minimum atomic E-state index is 0.589. The fourth-order valence-electron chi connectivity index (χ4n) is 1.48. The number of H-pyrrole nitrogens is 1. The molecule has 0 amide bonds. The molecule has 0 unspecified atom stereocenters. The van der Waals surface area contributed by atoms with Crippen LogP contribution in [0.15, 0.2) is 18.2 Å². The Hall–Kier alpha value is -1.35. The van der Waals surface area contributed by atoms with Crippen LogP contribution in [0.4, 0.5) is 0 Å². The van der Waals surface area contributed by atoms with Crippen molar-refractivity contribution in [2.45, 2.75) is 0 Å². The quantitative estimate of drug-likeness (QED) is 0.829. The normalized spacial score (nSPS) is 10.5. The van der Waals surface area contributed by atoms with E-state index >= 15 is 0 Å². The Bertz CT molecular complexity index is 464. The number of hydrogen-bond acceptors (Lipinski definition) is 2. The third kappa shape index (κ3) is 1.30. The molecule has 1 aromatic heterocycles. The van der Waals surface area contributed by atoms with Crippen LogP contribution in [0.5, 0.6) is 11.5 Å². The van der Waals surface area contributed by atoms with E-state index in [4.69, 9.17) is 21.1 Å². The van der Waals surface area contributed by atoms with Crippen LogP contribution in [-0.2, 0) is 0 Å². The van der Waals surface area contributed by atoms with Gasteiger partial charge in [-0.05, 0) is 18.2 Å². The number of benzene rings is 1. The number of halogens is 1. The first-order valence-corrected chi connectivity index (χ1v) is 4.53. The lowest BCUT2D eigenvalue weighted by Crippen LogP contribution is -1.90. The van der Waals surface area contributed by atoms with E-state index in [1.165, 1.54) is 0 Å². The summed E-state index contributed by atoms with van der Waals surface area (Å²) in [4.78, 5) is 3.01. The zero-order chi connectivity index (χ0) is 10.1. The zero-order valence-electron chi connectivity index (χ0n) is 7.93. The molecular weight excluding hydrogens is 202 g/mol. The highest BCUT2D eigenvalue weighted by Crippen LogP contribution is 2.35. The molecule has 0 atom stereocenters. The molecule has 2 aromatic rings. The molecule has 0 aliphatic carbocycles. The van der Waals surface area contributed by atoms with Gasteiger partial charge in [-0.15, -0.1) is 0 Å². The first-order valence-electron chi connectivity index (χ1n) is 4.15. The number of aromatic amines is 1. The zero-order valence-corrected chi connectivity index (χ0v) is 8.68.